The number of aliphatic hydroxyl groups is 1. The van der Waals surface area contributed by atoms with Crippen LogP contribution in [0.15, 0.2) is 18.2 Å². The third-order valence-corrected chi connectivity index (χ3v) is 3.77. The molecule has 106 valence electrons. The average molecular weight is 267 g/mol. The maximum atomic E-state index is 13.2. The molecule has 2 N–H and O–H groups in total. The normalized spacial score (nSPS) is 17.4. The average Bonchev–Trinajstić information content (AvgIpc) is 2.90. The Morgan fingerprint density at radius 3 is 2.84 bits per heavy atom. The molecule has 0 saturated heterocycles. The van der Waals surface area contributed by atoms with E-state index in [9.17, 15) is 9.50 Å². The second-order valence-electron chi connectivity index (χ2n) is 5.27. The zero-order chi connectivity index (χ0) is 13.7. The first-order chi connectivity index (χ1) is 9.19. The van der Waals surface area contributed by atoms with Gasteiger partial charge in [0.1, 0.15) is 0 Å². The lowest BCUT2D eigenvalue weighted by Crippen LogP contribution is -2.22. The van der Waals surface area contributed by atoms with Gasteiger partial charge in [-0.3, -0.25) is 0 Å². The Morgan fingerprint density at radius 1 is 1.42 bits per heavy atom. The van der Waals surface area contributed by atoms with Crippen molar-refractivity contribution in [1.82, 2.24) is 0 Å². The molecular formula is C15H22FNO2. The second-order valence-corrected chi connectivity index (χ2v) is 5.27. The third kappa shape index (κ3) is 4.10. The van der Waals surface area contributed by atoms with E-state index in [1.165, 1.54) is 38.9 Å². The first-order valence-electron chi connectivity index (χ1n) is 6.94. The van der Waals surface area contributed by atoms with Gasteiger partial charge in [0.2, 0.25) is 0 Å². The Morgan fingerprint density at radius 2 is 2.16 bits per heavy atom. The topological polar surface area (TPSA) is 41.5 Å². The minimum absolute atomic E-state index is 0.218. The second kappa shape index (κ2) is 6.75. The van der Waals surface area contributed by atoms with Gasteiger partial charge in [0.15, 0.2) is 11.6 Å². The standard InChI is InChI=1S/C15H22FNO2/c1-19-15-9-12(6-7-14(15)16)17-10-13(18)8-11-4-2-3-5-11/h6-7,9,11,13,17-18H,2-5,8,10H2,1H3. The first kappa shape index (κ1) is 14.1. The van der Waals surface area contributed by atoms with E-state index in [0.29, 0.717) is 12.5 Å². The van der Waals surface area contributed by atoms with Gasteiger partial charge in [-0.15, -0.1) is 0 Å². The highest BCUT2D eigenvalue weighted by Crippen LogP contribution is 2.28. The van der Waals surface area contributed by atoms with Crippen molar-refractivity contribution < 1.29 is 14.2 Å². The lowest BCUT2D eigenvalue weighted by molar-refractivity contribution is 0.155. The highest BCUT2D eigenvalue weighted by molar-refractivity contribution is 5.48. The summed E-state index contributed by atoms with van der Waals surface area (Å²) in [5.74, 6) is 0.509. The number of hydrogen-bond acceptors (Lipinski definition) is 3. The number of anilines is 1. The van der Waals surface area contributed by atoms with Crippen LogP contribution in [0.3, 0.4) is 0 Å². The Hall–Kier alpha value is -1.29. The molecule has 4 heteroatoms. The summed E-state index contributed by atoms with van der Waals surface area (Å²) in [6.07, 6.45) is 5.56. The fourth-order valence-electron chi connectivity index (χ4n) is 2.72. The molecule has 1 aliphatic carbocycles. The molecular weight excluding hydrogens is 245 g/mol. The maximum Gasteiger partial charge on any atom is 0.165 e. The van der Waals surface area contributed by atoms with E-state index in [1.54, 1.807) is 12.1 Å². The Balaban J connectivity index is 1.80. The first-order valence-corrected chi connectivity index (χ1v) is 6.94. The van der Waals surface area contributed by atoms with Crippen molar-refractivity contribution in [2.75, 3.05) is 19.0 Å². The highest BCUT2D eigenvalue weighted by atomic mass is 19.1. The van der Waals surface area contributed by atoms with Crippen molar-refractivity contribution in [2.24, 2.45) is 5.92 Å². The van der Waals surface area contributed by atoms with Crippen LogP contribution in [0, 0.1) is 11.7 Å². The zero-order valence-electron chi connectivity index (χ0n) is 11.4. The van der Waals surface area contributed by atoms with E-state index in [2.05, 4.69) is 5.32 Å². The number of aliphatic hydroxyl groups excluding tert-OH is 1. The summed E-state index contributed by atoms with van der Waals surface area (Å²) in [6, 6.07) is 4.63. The summed E-state index contributed by atoms with van der Waals surface area (Å²) in [7, 11) is 1.44. The van der Waals surface area contributed by atoms with Crippen molar-refractivity contribution in [3.05, 3.63) is 24.0 Å². The third-order valence-electron chi connectivity index (χ3n) is 3.77. The molecule has 3 nitrogen and oxygen atoms in total. The van der Waals surface area contributed by atoms with Gasteiger partial charge in [0, 0.05) is 18.3 Å². The number of rotatable bonds is 6. The van der Waals surface area contributed by atoms with Crippen LogP contribution in [0.5, 0.6) is 5.75 Å². The van der Waals surface area contributed by atoms with Gasteiger partial charge in [-0.05, 0) is 24.5 Å². The van der Waals surface area contributed by atoms with Crippen LogP contribution in [0.2, 0.25) is 0 Å². The molecule has 1 saturated carbocycles. The number of nitrogens with one attached hydrogen (secondary N) is 1. The van der Waals surface area contributed by atoms with Crippen LogP contribution < -0.4 is 10.1 Å². The van der Waals surface area contributed by atoms with Gasteiger partial charge in [-0.25, -0.2) is 4.39 Å². The molecule has 0 aliphatic heterocycles. The van der Waals surface area contributed by atoms with E-state index in [4.69, 9.17) is 4.74 Å². The minimum atomic E-state index is -0.375. The van der Waals surface area contributed by atoms with E-state index >= 15 is 0 Å². The monoisotopic (exact) mass is 267 g/mol. The molecule has 1 aromatic rings. The van der Waals surface area contributed by atoms with Crippen molar-refractivity contribution >= 4 is 5.69 Å². The molecule has 0 heterocycles. The van der Waals surface area contributed by atoms with Crippen LogP contribution in [0.1, 0.15) is 32.1 Å². The van der Waals surface area contributed by atoms with Gasteiger partial charge in [-0.1, -0.05) is 25.7 Å². The van der Waals surface area contributed by atoms with Crippen molar-refractivity contribution in [3.63, 3.8) is 0 Å². The fourth-order valence-corrected chi connectivity index (χ4v) is 2.72. The number of benzene rings is 1. The number of methoxy groups -OCH3 is 1. The van der Waals surface area contributed by atoms with E-state index in [0.717, 1.165) is 12.1 Å². The van der Waals surface area contributed by atoms with Gasteiger partial charge in [-0.2, -0.15) is 0 Å². The summed E-state index contributed by atoms with van der Waals surface area (Å²) in [5.41, 5.74) is 0.767. The smallest absolute Gasteiger partial charge is 0.165 e. The summed E-state index contributed by atoms with van der Waals surface area (Å²) in [5, 5.41) is 13.1. The van der Waals surface area contributed by atoms with Crippen LogP contribution in [-0.4, -0.2) is 24.9 Å². The van der Waals surface area contributed by atoms with Crippen LogP contribution in [0.25, 0.3) is 0 Å². The largest absolute Gasteiger partial charge is 0.494 e. The molecule has 0 radical (unpaired) electrons. The fraction of sp³-hybridized carbons (Fsp3) is 0.600. The molecule has 0 aromatic heterocycles. The van der Waals surface area contributed by atoms with Gasteiger partial charge < -0.3 is 15.2 Å². The molecule has 19 heavy (non-hydrogen) atoms. The van der Waals surface area contributed by atoms with Gasteiger partial charge in [0.05, 0.1) is 13.2 Å². The minimum Gasteiger partial charge on any atom is -0.494 e. The number of halogens is 1. The van der Waals surface area contributed by atoms with Gasteiger partial charge >= 0.3 is 0 Å². The molecule has 1 aromatic carbocycles. The Kier molecular flexibility index (Phi) is 5.02. The molecule has 1 unspecified atom stereocenters. The predicted octanol–water partition coefficient (Wildman–Crippen LogP) is 3.19. The van der Waals surface area contributed by atoms with Crippen LogP contribution in [0.4, 0.5) is 10.1 Å². The maximum absolute atomic E-state index is 13.2. The summed E-state index contributed by atoms with van der Waals surface area (Å²) >= 11 is 0. The SMILES string of the molecule is COc1cc(NCC(O)CC2CCCC2)ccc1F. The van der Waals surface area contributed by atoms with Crippen molar-refractivity contribution in [3.8, 4) is 5.75 Å². The van der Waals surface area contributed by atoms with E-state index < -0.39 is 0 Å². The summed E-state index contributed by atoms with van der Waals surface area (Å²) in [6.45, 7) is 0.491. The summed E-state index contributed by atoms with van der Waals surface area (Å²) in [4.78, 5) is 0. The highest BCUT2D eigenvalue weighted by Gasteiger charge is 2.18. The Labute approximate surface area is 113 Å². The molecule has 0 bridgehead atoms. The Bertz CT molecular complexity index is 405. The van der Waals surface area contributed by atoms with E-state index in [1.807, 2.05) is 0 Å². The number of ether oxygens (including phenoxy) is 1. The number of hydrogen-bond donors (Lipinski definition) is 2. The van der Waals surface area contributed by atoms with Crippen molar-refractivity contribution in [1.29, 1.82) is 0 Å². The van der Waals surface area contributed by atoms with Gasteiger partial charge in [0.25, 0.3) is 0 Å². The molecule has 0 amide bonds. The lowest BCUT2D eigenvalue weighted by atomic mass is 10.00. The summed E-state index contributed by atoms with van der Waals surface area (Å²) < 4.78 is 18.2. The quantitative estimate of drug-likeness (QED) is 0.831. The predicted molar refractivity (Wildman–Crippen MR) is 74.0 cm³/mol. The van der Waals surface area contributed by atoms with Crippen LogP contribution >= 0.6 is 0 Å². The molecule has 0 spiro atoms. The molecule has 1 atom stereocenters. The molecule has 2 rings (SSSR count). The lowest BCUT2D eigenvalue weighted by Gasteiger charge is -2.17. The van der Waals surface area contributed by atoms with E-state index in [-0.39, 0.29) is 17.7 Å². The zero-order valence-corrected chi connectivity index (χ0v) is 11.4. The molecule has 1 aliphatic rings. The van der Waals surface area contributed by atoms with Crippen LogP contribution in [-0.2, 0) is 0 Å². The van der Waals surface area contributed by atoms with Crippen molar-refractivity contribution in [2.45, 2.75) is 38.2 Å². The molecule has 1 fully saturated rings.